The number of hydrazine groups is 2. The second-order valence-corrected chi connectivity index (χ2v) is 2.66. The molecular formula is C8H12N6O4. The Labute approximate surface area is 100.0 Å². The van der Waals surface area contributed by atoms with E-state index in [-0.39, 0.29) is 11.1 Å². The summed E-state index contributed by atoms with van der Waals surface area (Å²) in [7, 11) is 0. The quantitative estimate of drug-likeness (QED) is 0.139. The van der Waals surface area contributed by atoms with E-state index in [0.29, 0.717) is 0 Å². The maximum absolute atomic E-state index is 10.3. The van der Waals surface area contributed by atoms with Crippen molar-refractivity contribution >= 4 is 11.8 Å². The first-order chi connectivity index (χ1) is 8.49. The predicted octanol–water partition coefficient (Wildman–Crippen LogP) is -3.41. The Bertz CT molecular complexity index is 460. The van der Waals surface area contributed by atoms with Gasteiger partial charge in [0, 0.05) is 24.3 Å². The van der Waals surface area contributed by atoms with Gasteiger partial charge in [0.05, 0.1) is 0 Å². The van der Waals surface area contributed by atoms with Crippen LogP contribution in [0.1, 0.15) is 0 Å². The zero-order valence-electron chi connectivity index (χ0n) is 9.10. The summed E-state index contributed by atoms with van der Waals surface area (Å²) in [6.45, 7) is 0. The van der Waals surface area contributed by atoms with Gasteiger partial charge < -0.3 is 0 Å². The fraction of sp³-hybridized carbons (Fsp3) is 0. The summed E-state index contributed by atoms with van der Waals surface area (Å²) >= 11 is 0. The standard InChI is InChI=1S/C4H8N4O2.C4H4N2O2/c5-7-3(9)1-2-4(10)8-6;7-3-1-2-4(8)6-5-3/h1-2H,5-6H2,(H,7,9)(H,8,10);1-2H,(H,5,7)(H,6,8). The number of nitrogens with two attached hydrogens (primary N) is 2. The molecule has 0 bridgehead atoms. The van der Waals surface area contributed by atoms with Crippen LogP contribution >= 0.6 is 0 Å². The summed E-state index contributed by atoms with van der Waals surface area (Å²) in [5, 5.41) is 4.21. The number of H-pyrrole nitrogens is 2. The molecule has 1 rings (SSSR count). The minimum Gasteiger partial charge on any atom is -0.291 e. The number of nitrogens with one attached hydrogen (secondary N) is 4. The van der Waals surface area contributed by atoms with E-state index < -0.39 is 11.8 Å². The number of carbonyl (C=O) groups excluding carboxylic acids is 2. The maximum Gasteiger partial charge on any atom is 0.262 e. The van der Waals surface area contributed by atoms with Gasteiger partial charge in [0.25, 0.3) is 22.9 Å². The van der Waals surface area contributed by atoms with Crippen LogP contribution in [0.3, 0.4) is 0 Å². The molecule has 0 atom stereocenters. The van der Waals surface area contributed by atoms with Crippen LogP contribution in [0.15, 0.2) is 33.9 Å². The SMILES string of the molecule is NNC(=O)C=CC(=O)NN.O=c1ccc(=O)[nH][nH]1. The van der Waals surface area contributed by atoms with Crippen molar-refractivity contribution in [1.82, 2.24) is 21.0 Å². The van der Waals surface area contributed by atoms with Crippen LogP contribution in [0.4, 0.5) is 0 Å². The van der Waals surface area contributed by atoms with Crippen molar-refractivity contribution in [3.05, 3.63) is 45.0 Å². The molecule has 0 aromatic carbocycles. The highest BCUT2D eigenvalue weighted by molar-refractivity contribution is 5.96. The second-order valence-electron chi connectivity index (χ2n) is 2.66. The van der Waals surface area contributed by atoms with Crippen LogP contribution in [-0.2, 0) is 9.59 Å². The lowest BCUT2D eigenvalue weighted by molar-refractivity contribution is -0.118. The first kappa shape index (κ1) is 15.3. The summed E-state index contributed by atoms with van der Waals surface area (Å²) < 4.78 is 0. The van der Waals surface area contributed by atoms with E-state index in [1.54, 1.807) is 10.9 Å². The number of hydrogen-bond acceptors (Lipinski definition) is 6. The van der Waals surface area contributed by atoms with Crippen molar-refractivity contribution in [2.24, 2.45) is 11.7 Å². The number of carbonyl (C=O) groups is 2. The molecule has 10 heteroatoms. The van der Waals surface area contributed by atoms with E-state index in [2.05, 4.69) is 21.9 Å². The van der Waals surface area contributed by atoms with Crippen molar-refractivity contribution in [2.45, 2.75) is 0 Å². The van der Waals surface area contributed by atoms with Crippen molar-refractivity contribution in [3.8, 4) is 0 Å². The average Bonchev–Trinajstić information content (AvgIpc) is 2.39. The Morgan fingerprint density at radius 1 is 0.944 bits per heavy atom. The largest absolute Gasteiger partial charge is 0.291 e. The van der Waals surface area contributed by atoms with Crippen LogP contribution in [-0.4, -0.2) is 22.0 Å². The van der Waals surface area contributed by atoms with Gasteiger partial charge in [0.2, 0.25) is 0 Å². The Morgan fingerprint density at radius 3 is 1.50 bits per heavy atom. The number of hydrogen-bond donors (Lipinski definition) is 6. The normalized spacial score (nSPS) is 9.22. The van der Waals surface area contributed by atoms with Crippen molar-refractivity contribution in [2.75, 3.05) is 0 Å². The van der Waals surface area contributed by atoms with Gasteiger partial charge in [-0.25, -0.2) is 11.7 Å². The summed E-state index contributed by atoms with van der Waals surface area (Å²) in [5.41, 5.74) is 2.99. The van der Waals surface area contributed by atoms with E-state index in [4.69, 9.17) is 0 Å². The van der Waals surface area contributed by atoms with Crippen LogP contribution < -0.4 is 33.7 Å². The van der Waals surface area contributed by atoms with Crippen LogP contribution in [0.25, 0.3) is 0 Å². The molecule has 0 fully saturated rings. The lowest BCUT2D eigenvalue weighted by Gasteiger charge is -1.89. The molecule has 0 aliphatic carbocycles. The van der Waals surface area contributed by atoms with E-state index in [0.717, 1.165) is 12.2 Å². The van der Waals surface area contributed by atoms with E-state index >= 15 is 0 Å². The molecule has 0 radical (unpaired) electrons. The summed E-state index contributed by atoms with van der Waals surface area (Å²) in [5.74, 6) is 8.24. The molecule has 1 aromatic heterocycles. The minimum atomic E-state index is -0.566. The molecule has 98 valence electrons. The van der Waals surface area contributed by atoms with Gasteiger partial charge in [0.1, 0.15) is 0 Å². The lowest BCUT2D eigenvalue weighted by atomic mass is 10.4. The first-order valence-electron chi connectivity index (χ1n) is 4.47. The average molecular weight is 256 g/mol. The highest BCUT2D eigenvalue weighted by atomic mass is 16.2. The topological polar surface area (TPSA) is 176 Å². The Hall–Kier alpha value is -2.72. The molecule has 0 saturated carbocycles. The fourth-order valence-electron chi connectivity index (χ4n) is 0.606. The van der Waals surface area contributed by atoms with Crippen LogP contribution in [0.2, 0.25) is 0 Å². The molecule has 1 heterocycles. The Morgan fingerprint density at radius 2 is 1.28 bits per heavy atom. The third-order valence-electron chi connectivity index (χ3n) is 1.37. The van der Waals surface area contributed by atoms with E-state index in [1.807, 2.05) is 0 Å². The molecule has 0 saturated heterocycles. The van der Waals surface area contributed by atoms with Crippen LogP contribution in [0, 0.1) is 0 Å². The third kappa shape index (κ3) is 7.56. The van der Waals surface area contributed by atoms with Gasteiger partial charge >= 0.3 is 0 Å². The van der Waals surface area contributed by atoms with Crippen molar-refractivity contribution in [3.63, 3.8) is 0 Å². The highest BCUT2D eigenvalue weighted by Gasteiger charge is 1.91. The van der Waals surface area contributed by atoms with Gasteiger partial charge in [-0.05, 0) is 0 Å². The number of aromatic amines is 2. The molecule has 10 nitrogen and oxygen atoms in total. The number of aromatic nitrogens is 2. The number of amides is 2. The van der Waals surface area contributed by atoms with Gasteiger partial charge in [-0.3, -0.25) is 40.2 Å². The van der Waals surface area contributed by atoms with Crippen molar-refractivity contribution < 1.29 is 9.59 Å². The zero-order chi connectivity index (χ0) is 14.0. The minimum absolute atomic E-state index is 0.301. The van der Waals surface area contributed by atoms with Crippen LogP contribution in [0.5, 0.6) is 0 Å². The molecule has 18 heavy (non-hydrogen) atoms. The van der Waals surface area contributed by atoms with Gasteiger partial charge in [-0.1, -0.05) is 0 Å². The van der Waals surface area contributed by atoms with Gasteiger partial charge in [-0.15, -0.1) is 0 Å². The van der Waals surface area contributed by atoms with Crippen molar-refractivity contribution in [1.29, 1.82) is 0 Å². The summed E-state index contributed by atoms with van der Waals surface area (Å²) in [6, 6.07) is 2.33. The molecule has 8 N–H and O–H groups in total. The van der Waals surface area contributed by atoms with E-state index in [1.165, 1.54) is 12.1 Å². The van der Waals surface area contributed by atoms with Gasteiger partial charge in [0.15, 0.2) is 0 Å². The molecule has 2 amide bonds. The lowest BCUT2D eigenvalue weighted by Crippen LogP contribution is -2.30. The smallest absolute Gasteiger partial charge is 0.262 e. The monoisotopic (exact) mass is 256 g/mol. The second kappa shape index (κ2) is 8.43. The number of rotatable bonds is 2. The molecule has 0 unspecified atom stereocenters. The molecule has 0 aliphatic rings. The Kier molecular flexibility index (Phi) is 7.16. The fourth-order valence-corrected chi connectivity index (χ4v) is 0.606. The summed E-state index contributed by atoms with van der Waals surface area (Å²) in [4.78, 5) is 41.0. The Balaban J connectivity index is 0.000000327. The van der Waals surface area contributed by atoms with E-state index in [9.17, 15) is 19.2 Å². The maximum atomic E-state index is 10.3. The zero-order valence-corrected chi connectivity index (χ0v) is 9.10. The molecule has 1 aromatic rings. The third-order valence-corrected chi connectivity index (χ3v) is 1.37. The molecule has 0 spiro atoms. The predicted molar refractivity (Wildman–Crippen MR) is 61.5 cm³/mol. The molecular weight excluding hydrogens is 244 g/mol. The molecule has 0 aliphatic heterocycles. The van der Waals surface area contributed by atoms with Gasteiger partial charge in [-0.2, -0.15) is 0 Å². The summed E-state index contributed by atoms with van der Waals surface area (Å²) in [6.07, 6.45) is 1.92. The first-order valence-corrected chi connectivity index (χ1v) is 4.47. The highest BCUT2D eigenvalue weighted by Crippen LogP contribution is 1.70.